The molecule has 2 aliphatic rings. The number of carboxylic acid groups (broad SMARTS) is 1. The zero-order valence-electron chi connectivity index (χ0n) is 23.0. The fourth-order valence-corrected chi connectivity index (χ4v) is 6.27. The van der Waals surface area contributed by atoms with Crippen LogP contribution in [0.3, 0.4) is 0 Å². The van der Waals surface area contributed by atoms with Crippen molar-refractivity contribution in [3.8, 4) is 0 Å². The Morgan fingerprint density at radius 2 is 1.82 bits per heavy atom. The molecule has 9 nitrogen and oxygen atoms in total. The maximum absolute atomic E-state index is 12.9. The third kappa shape index (κ3) is 7.82. The normalized spacial score (nSPS) is 20.0. The number of methoxy groups -OCH3 is 1. The van der Waals surface area contributed by atoms with E-state index in [9.17, 15) is 19.5 Å². The molecule has 9 heteroatoms. The minimum Gasteiger partial charge on any atom is -0.465 e. The molecule has 1 heterocycles. The smallest absolute Gasteiger partial charge is 0.404 e. The molecule has 0 spiro atoms. The summed E-state index contributed by atoms with van der Waals surface area (Å²) < 4.78 is 11.6. The number of ether oxygens (including phenoxy) is 2. The van der Waals surface area contributed by atoms with Gasteiger partial charge in [0, 0.05) is 51.9 Å². The molecule has 1 aliphatic carbocycles. The third-order valence-corrected chi connectivity index (χ3v) is 8.20. The standard InChI is InChI=1S/C30H43N3O6/c1-38-16-9-17-39-29(22-12-6-3-7-13-22)23-14-8-15-33(20-23)26-25(27(34)28(26)35)32-24(19-31-30(36)37)18-21-10-4-2-5-11-21/h3,6-7,12-13,21,23-24,29,31-32H,2,4-5,8-11,14-20H2,1H3,(H,36,37). The molecule has 1 saturated heterocycles. The van der Waals surface area contributed by atoms with Gasteiger partial charge in [-0.1, -0.05) is 62.4 Å². The predicted molar refractivity (Wildman–Crippen MR) is 153 cm³/mol. The van der Waals surface area contributed by atoms with E-state index in [0.29, 0.717) is 43.6 Å². The van der Waals surface area contributed by atoms with Gasteiger partial charge in [0.15, 0.2) is 0 Å². The van der Waals surface area contributed by atoms with Crippen molar-refractivity contribution in [3.05, 3.63) is 56.3 Å². The maximum Gasteiger partial charge on any atom is 0.404 e. The number of carbonyl (C=O) groups is 1. The number of benzene rings is 1. The highest BCUT2D eigenvalue weighted by atomic mass is 16.5. The van der Waals surface area contributed by atoms with Gasteiger partial charge in [-0.15, -0.1) is 0 Å². The van der Waals surface area contributed by atoms with Gasteiger partial charge in [0.2, 0.25) is 0 Å². The van der Waals surface area contributed by atoms with Gasteiger partial charge < -0.3 is 30.1 Å². The summed E-state index contributed by atoms with van der Waals surface area (Å²) in [5.41, 5.74) is 0.924. The van der Waals surface area contributed by atoms with Crippen molar-refractivity contribution in [1.82, 2.24) is 5.32 Å². The van der Waals surface area contributed by atoms with E-state index in [2.05, 4.69) is 22.8 Å². The first-order valence-electron chi connectivity index (χ1n) is 14.4. The van der Waals surface area contributed by atoms with Crippen molar-refractivity contribution < 1.29 is 19.4 Å². The summed E-state index contributed by atoms with van der Waals surface area (Å²) in [6.45, 7) is 2.72. The minimum absolute atomic E-state index is 0.118. The molecule has 39 heavy (non-hydrogen) atoms. The van der Waals surface area contributed by atoms with Crippen LogP contribution in [-0.2, 0) is 9.47 Å². The van der Waals surface area contributed by atoms with Crippen molar-refractivity contribution >= 4 is 17.5 Å². The van der Waals surface area contributed by atoms with E-state index in [4.69, 9.17) is 9.47 Å². The minimum atomic E-state index is -1.09. The topological polar surface area (TPSA) is 117 Å². The van der Waals surface area contributed by atoms with Crippen LogP contribution in [-0.4, -0.2) is 57.2 Å². The van der Waals surface area contributed by atoms with Crippen molar-refractivity contribution in [2.45, 2.75) is 69.9 Å². The first-order chi connectivity index (χ1) is 19.0. The van der Waals surface area contributed by atoms with Gasteiger partial charge in [-0.05, 0) is 37.2 Å². The summed E-state index contributed by atoms with van der Waals surface area (Å²) in [6, 6.07) is 9.93. The summed E-state index contributed by atoms with van der Waals surface area (Å²) in [5.74, 6) is 0.649. The third-order valence-electron chi connectivity index (χ3n) is 8.20. The zero-order chi connectivity index (χ0) is 27.6. The number of nitrogens with one attached hydrogen (secondary N) is 2. The summed E-state index contributed by atoms with van der Waals surface area (Å²) >= 11 is 0. The SMILES string of the molecule is COCCCOC(c1ccccc1)C1CCCN(c2c(NC(CNC(=O)O)CC3CCCCC3)c(=O)c2=O)C1. The number of anilines is 2. The van der Waals surface area contributed by atoms with Crippen LogP contribution in [0, 0.1) is 11.8 Å². The molecular formula is C30H43N3O6. The van der Waals surface area contributed by atoms with Gasteiger partial charge in [0.1, 0.15) is 11.4 Å². The molecular weight excluding hydrogens is 498 g/mol. The van der Waals surface area contributed by atoms with Gasteiger partial charge in [-0.3, -0.25) is 9.59 Å². The Morgan fingerprint density at radius 3 is 2.54 bits per heavy atom. The highest BCUT2D eigenvalue weighted by molar-refractivity contribution is 5.76. The van der Waals surface area contributed by atoms with Crippen molar-refractivity contribution in [1.29, 1.82) is 0 Å². The van der Waals surface area contributed by atoms with Crippen LogP contribution in [0.1, 0.15) is 69.5 Å². The summed E-state index contributed by atoms with van der Waals surface area (Å²) in [6.07, 6.45) is 8.04. The molecule has 2 fully saturated rings. The predicted octanol–water partition coefficient (Wildman–Crippen LogP) is 4.31. The molecule has 1 amide bonds. The van der Waals surface area contributed by atoms with Gasteiger partial charge in [0.05, 0.1) is 6.10 Å². The molecule has 0 bridgehead atoms. The number of hydrogen-bond acceptors (Lipinski definition) is 7. The van der Waals surface area contributed by atoms with Crippen LogP contribution in [0.5, 0.6) is 0 Å². The highest BCUT2D eigenvalue weighted by Crippen LogP contribution is 2.36. The zero-order valence-corrected chi connectivity index (χ0v) is 23.0. The molecule has 3 unspecified atom stereocenters. The second-order valence-electron chi connectivity index (χ2n) is 11.0. The monoisotopic (exact) mass is 541 g/mol. The molecule has 3 atom stereocenters. The lowest BCUT2D eigenvalue weighted by Gasteiger charge is -2.39. The van der Waals surface area contributed by atoms with Crippen molar-refractivity contribution in [2.75, 3.05) is 50.2 Å². The van der Waals surface area contributed by atoms with Crippen LogP contribution < -0.4 is 26.4 Å². The summed E-state index contributed by atoms with van der Waals surface area (Å²) in [5, 5.41) is 15.0. The second-order valence-corrected chi connectivity index (χ2v) is 11.0. The average molecular weight is 542 g/mol. The second kappa shape index (κ2) is 14.5. The molecule has 3 N–H and O–H groups in total. The molecule has 4 rings (SSSR count). The number of piperidine rings is 1. The number of rotatable bonds is 14. The van der Waals surface area contributed by atoms with E-state index in [1.165, 1.54) is 19.3 Å². The Morgan fingerprint density at radius 1 is 1.05 bits per heavy atom. The van der Waals surface area contributed by atoms with E-state index < -0.39 is 17.0 Å². The fourth-order valence-electron chi connectivity index (χ4n) is 6.27. The Bertz CT molecular complexity index is 1110. The summed E-state index contributed by atoms with van der Waals surface area (Å²) in [7, 11) is 1.68. The quantitative estimate of drug-likeness (QED) is 0.239. The van der Waals surface area contributed by atoms with E-state index >= 15 is 0 Å². The molecule has 2 aromatic rings. The summed E-state index contributed by atoms with van der Waals surface area (Å²) in [4.78, 5) is 38.9. The Labute approximate surface area is 230 Å². The Kier molecular flexibility index (Phi) is 10.8. The first kappa shape index (κ1) is 29.1. The van der Waals surface area contributed by atoms with Crippen LogP contribution in [0.2, 0.25) is 0 Å². The molecule has 1 aliphatic heterocycles. The van der Waals surface area contributed by atoms with Crippen molar-refractivity contribution in [3.63, 3.8) is 0 Å². The maximum atomic E-state index is 12.9. The Balaban J connectivity index is 1.49. The lowest BCUT2D eigenvalue weighted by molar-refractivity contribution is -0.00235. The van der Waals surface area contributed by atoms with Gasteiger partial charge in [-0.2, -0.15) is 0 Å². The fraction of sp³-hybridized carbons (Fsp3) is 0.633. The van der Waals surface area contributed by atoms with E-state index in [-0.39, 0.29) is 24.6 Å². The van der Waals surface area contributed by atoms with Crippen LogP contribution in [0.15, 0.2) is 39.9 Å². The van der Waals surface area contributed by atoms with Gasteiger partial charge in [-0.25, -0.2) is 4.79 Å². The van der Waals surface area contributed by atoms with E-state index in [0.717, 1.165) is 44.1 Å². The first-order valence-corrected chi connectivity index (χ1v) is 14.4. The van der Waals surface area contributed by atoms with Crippen molar-refractivity contribution in [2.24, 2.45) is 11.8 Å². The van der Waals surface area contributed by atoms with Gasteiger partial charge in [0.25, 0.3) is 10.9 Å². The lowest BCUT2D eigenvalue weighted by Crippen LogP contribution is -2.49. The molecule has 0 aromatic heterocycles. The lowest BCUT2D eigenvalue weighted by atomic mass is 9.84. The van der Waals surface area contributed by atoms with Gasteiger partial charge >= 0.3 is 6.09 Å². The molecule has 0 radical (unpaired) electrons. The van der Waals surface area contributed by atoms with Crippen LogP contribution in [0.4, 0.5) is 16.2 Å². The number of hydrogen-bond donors (Lipinski definition) is 3. The molecule has 214 valence electrons. The van der Waals surface area contributed by atoms with Crippen LogP contribution >= 0.6 is 0 Å². The largest absolute Gasteiger partial charge is 0.465 e. The number of amides is 1. The highest BCUT2D eigenvalue weighted by Gasteiger charge is 2.35. The van der Waals surface area contributed by atoms with E-state index in [1.54, 1.807) is 7.11 Å². The molecule has 1 saturated carbocycles. The average Bonchev–Trinajstić information content (AvgIpc) is 2.96. The van der Waals surface area contributed by atoms with Crippen LogP contribution in [0.25, 0.3) is 0 Å². The van der Waals surface area contributed by atoms with E-state index in [1.807, 2.05) is 23.1 Å². The number of nitrogens with zero attached hydrogens (tertiary/aromatic N) is 1. The Hall–Kier alpha value is -2.91. The molecule has 2 aromatic carbocycles.